The fourth-order valence-corrected chi connectivity index (χ4v) is 4.07. The summed E-state index contributed by atoms with van der Waals surface area (Å²) in [5, 5.41) is 0. The quantitative estimate of drug-likeness (QED) is 0.845. The lowest BCUT2D eigenvalue weighted by Crippen LogP contribution is -2.45. The maximum Gasteiger partial charge on any atom is 0.227 e. The molecule has 2 aliphatic heterocycles. The molecule has 1 saturated heterocycles. The molecule has 1 fully saturated rings. The molecular weight excluding hydrogens is 310 g/mol. The van der Waals surface area contributed by atoms with Crippen LogP contribution in [0.15, 0.2) is 48.7 Å². The monoisotopic (exact) mass is 335 g/mol. The minimum atomic E-state index is 0.0843. The van der Waals surface area contributed by atoms with Crippen molar-refractivity contribution < 1.29 is 4.79 Å². The zero-order chi connectivity index (χ0) is 17.1. The lowest BCUT2D eigenvalue weighted by atomic mass is 9.96. The predicted octanol–water partition coefficient (Wildman–Crippen LogP) is 3.27. The molecule has 0 aliphatic carbocycles. The maximum absolute atomic E-state index is 13.2. The van der Waals surface area contributed by atoms with Crippen molar-refractivity contribution in [3.05, 3.63) is 59.8 Å². The number of fused-ring (bicyclic) bond motifs is 1. The number of hydrogen-bond donors (Lipinski definition) is 0. The summed E-state index contributed by atoms with van der Waals surface area (Å²) in [5.74, 6) is 1.39. The number of benzene rings is 1. The summed E-state index contributed by atoms with van der Waals surface area (Å²) in [5.41, 5.74) is 2.71. The molecule has 2 aliphatic rings. The van der Waals surface area contributed by atoms with Gasteiger partial charge in [0.15, 0.2) is 0 Å². The summed E-state index contributed by atoms with van der Waals surface area (Å²) in [6.07, 6.45) is 5.99. The molecular formula is C21H25N3O. The number of aromatic nitrogens is 1. The highest BCUT2D eigenvalue weighted by atomic mass is 16.2. The third kappa shape index (κ3) is 3.53. The average Bonchev–Trinajstić information content (AvgIpc) is 2.90. The van der Waals surface area contributed by atoms with E-state index < -0.39 is 0 Å². The maximum atomic E-state index is 13.2. The number of carbonyl (C=O) groups is 1. The second-order valence-corrected chi connectivity index (χ2v) is 7.11. The first kappa shape index (κ1) is 16.1. The predicted molar refractivity (Wildman–Crippen MR) is 99.4 cm³/mol. The Morgan fingerprint density at radius 3 is 2.68 bits per heavy atom. The van der Waals surface area contributed by atoms with E-state index in [0.717, 1.165) is 57.7 Å². The molecule has 4 nitrogen and oxygen atoms in total. The highest BCUT2D eigenvalue weighted by Crippen LogP contribution is 2.25. The summed E-state index contributed by atoms with van der Waals surface area (Å²) in [6, 6.07) is 14.5. The summed E-state index contributed by atoms with van der Waals surface area (Å²) < 4.78 is 0. The van der Waals surface area contributed by atoms with Crippen LogP contribution < -0.4 is 4.90 Å². The van der Waals surface area contributed by atoms with E-state index in [-0.39, 0.29) is 5.92 Å². The molecule has 1 aromatic carbocycles. The van der Waals surface area contributed by atoms with Crippen molar-refractivity contribution in [2.45, 2.75) is 32.2 Å². The second-order valence-electron chi connectivity index (χ2n) is 7.11. The van der Waals surface area contributed by atoms with E-state index in [0.29, 0.717) is 5.91 Å². The molecule has 1 amide bonds. The zero-order valence-corrected chi connectivity index (χ0v) is 14.6. The molecule has 3 heterocycles. The van der Waals surface area contributed by atoms with Crippen LogP contribution in [-0.4, -0.2) is 35.4 Å². The van der Waals surface area contributed by atoms with Gasteiger partial charge >= 0.3 is 0 Å². The molecule has 0 spiro atoms. The van der Waals surface area contributed by atoms with Crippen molar-refractivity contribution in [1.29, 1.82) is 0 Å². The van der Waals surface area contributed by atoms with E-state index >= 15 is 0 Å². The smallest absolute Gasteiger partial charge is 0.227 e. The van der Waals surface area contributed by atoms with Gasteiger partial charge in [-0.25, -0.2) is 4.98 Å². The lowest BCUT2D eigenvalue weighted by Gasteiger charge is -2.35. The van der Waals surface area contributed by atoms with Crippen molar-refractivity contribution in [1.82, 2.24) is 9.88 Å². The van der Waals surface area contributed by atoms with E-state index in [2.05, 4.69) is 39.0 Å². The van der Waals surface area contributed by atoms with E-state index in [1.165, 1.54) is 11.1 Å². The number of pyridine rings is 1. The fraction of sp³-hybridized carbons (Fsp3) is 0.429. The number of piperidine rings is 1. The Balaban J connectivity index is 1.47. The van der Waals surface area contributed by atoms with Gasteiger partial charge in [-0.15, -0.1) is 0 Å². The first-order chi connectivity index (χ1) is 12.3. The van der Waals surface area contributed by atoms with E-state index in [9.17, 15) is 4.79 Å². The molecule has 1 unspecified atom stereocenters. The van der Waals surface area contributed by atoms with Crippen molar-refractivity contribution in [2.24, 2.45) is 5.92 Å². The highest BCUT2D eigenvalue weighted by Gasteiger charge is 2.30. The van der Waals surface area contributed by atoms with Gasteiger partial charge in [0.2, 0.25) is 5.91 Å². The van der Waals surface area contributed by atoms with Gasteiger partial charge in [0.05, 0.1) is 5.92 Å². The van der Waals surface area contributed by atoms with Crippen LogP contribution in [-0.2, 0) is 17.8 Å². The first-order valence-corrected chi connectivity index (χ1v) is 9.33. The van der Waals surface area contributed by atoms with Crippen LogP contribution in [0.5, 0.6) is 0 Å². The average molecular weight is 335 g/mol. The Hall–Kier alpha value is -2.36. The molecule has 130 valence electrons. The summed E-state index contributed by atoms with van der Waals surface area (Å²) in [4.78, 5) is 22.0. The number of nitrogens with zero attached hydrogens (tertiary/aromatic N) is 3. The van der Waals surface area contributed by atoms with Crippen LogP contribution in [0, 0.1) is 5.92 Å². The van der Waals surface area contributed by atoms with Gasteiger partial charge in [-0.2, -0.15) is 0 Å². The Bertz CT molecular complexity index is 731. The van der Waals surface area contributed by atoms with Gasteiger partial charge in [-0.3, -0.25) is 4.79 Å². The summed E-state index contributed by atoms with van der Waals surface area (Å²) in [6.45, 7) is 3.40. The molecule has 1 aromatic heterocycles. The van der Waals surface area contributed by atoms with Gasteiger partial charge in [-0.1, -0.05) is 30.3 Å². The Labute approximate surface area is 149 Å². The number of rotatable bonds is 2. The molecule has 0 bridgehead atoms. The zero-order valence-electron chi connectivity index (χ0n) is 14.6. The van der Waals surface area contributed by atoms with Gasteiger partial charge in [0.1, 0.15) is 5.82 Å². The van der Waals surface area contributed by atoms with Crippen LogP contribution >= 0.6 is 0 Å². The molecule has 4 heteroatoms. The first-order valence-electron chi connectivity index (χ1n) is 9.33. The van der Waals surface area contributed by atoms with Crippen molar-refractivity contribution in [2.75, 3.05) is 24.5 Å². The topological polar surface area (TPSA) is 36.4 Å². The van der Waals surface area contributed by atoms with Crippen molar-refractivity contribution in [3.63, 3.8) is 0 Å². The molecule has 0 saturated carbocycles. The third-order valence-corrected chi connectivity index (χ3v) is 5.41. The fourth-order valence-electron chi connectivity index (χ4n) is 4.07. The number of amides is 1. The molecule has 4 rings (SSSR count). The minimum Gasteiger partial charge on any atom is -0.356 e. The van der Waals surface area contributed by atoms with Gasteiger partial charge in [-0.05, 0) is 48.9 Å². The number of aryl methyl sites for hydroxylation is 1. The summed E-state index contributed by atoms with van der Waals surface area (Å²) in [7, 11) is 0. The Morgan fingerprint density at radius 1 is 1.00 bits per heavy atom. The molecule has 0 radical (unpaired) electrons. The standard InChI is InChI=1S/C21H25N3O/c25-21(24-14-5-9-17-7-1-2-8-18(17)15-24)19-10-6-13-23(16-19)20-11-3-4-12-22-20/h1-4,7-8,11-12,19H,5-6,9-10,13-16H2. The molecule has 2 aromatic rings. The van der Waals surface area contributed by atoms with Crippen molar-refractivity contribution >= 4 is 11.7 Å². The molecule has 1 atom stereocenters. The van der Waals surface area contributed by atoms with E-state index in [4.69, 9.17) is 0 Å². The van der Waals surface area contributed by atoms with Gasteiger partial charge < -0.3 is 9.80 Å². The van der Waals surface area contributed by atoms with Crippen LogP contribution in [0.1, 0.15) is 30.4 Å². The number of anilines is 1. The Morgan fingerprint density at radius 2 is 1.84 bits per heavy atom. The lowest BCUT2D eigenvalue weighted by molar-refractivity contribution is -0.136. The minimum absolute atomic E-state index is 0.0843. The van der Waals surface area contributed by atoms with Crippen LogP contribution in [0.25, 0.3) is 0 Å². The second kappa shape index (κ2) is 7.26. The normalized spacial score (nSPS) is 20.7. The van der Waals surface area contributed by atoms with Crippen LogP contribution in [0.2, 0.25) is 0 Å². The largest absolute Gasteiger partial charge is 0.356 e. The Kier molecular flexibility index (Phi) is 4.68. The highest BCUT2D eigenvalue weighted by molar-refractivity contribution is 5.80. The summed E-state index contributed by atoms with van der Waals surface area (Å²) >= 11 is 0. The van der Waals surface area contributed by atoms with Crippen LogP contribution in [0.3, 0.4) is 0 Å². The molecule has 0 N–H and O–H groups in total. The number of carbonyl (C=O) groups excluding carboxylic acids is 1. The molecule has 25 heavy (non-hydrogen) atoms. The van der Waals surface area contributed by atoms with Crippen molar-refractivity contribution in [3.8, 4) is 0 Å². The van der Waals surface area contributed by atoms with Gasteiger partial charge in [0.25, 0.3) is 0 Å². The third-order valence-electron chi connectivity index (χ3n) is 5.41. The van der Waals surface area contributed by atoms with E-state index in [1.807, 2.05) is 24.4 Å². The van der Waals surface area contributed by atoms with Crippen LogP contribution in [0.4, 0.5) is 5.82 Å². The van der Waals surface area contributed by atoms with Gasteiger partial charge in [0, 0.05) is 32.4 Å². The van der Waals surface area contributed by atoms with E-state index in [1.54, 1.807) is 0 Å². The number of hydrogen-bond acceptors (Lipinski definition) is 3. The SMILES string of the molecule is O=C(C1CCCN(c2ccccn2)C1)N1CCCc2ccccc2C1.